The second kappa shape index (κ2) is 7.30. The molecule has 2 rings (SSSR count). The molecule has 0 unspecified atom stereocenters. The number of amides is 1. The SMILES string of the molecule is CC(=O)c1c[nH]c(C(=O)O[C@H](C)C(=O)NC2(C#N)CCCCC2)c1. The summed E-state index contributed by atoms with van der Waals surface area (Å²) >= 11 is 0. The zero-order valence-electron chi connectivity index (χ0n) is 13.8. The summed E-state index contributed by atoms with van der Waals surface area (Å²) in [5.74, 6) is -1.39. The quantitative estimate of drug-likeness (QED) is 0.634. The molecule has 128 valence electrons. The first-order chi connectivity index (χ1) is 11.4. The van der Waals surface area contributed by atoms with E-state index >= 15 is 0 Å². The summed E-state index contributed by atoms with van der Waals surface area (Å²) in [6.07, 6.45) is 4.42. The molecule has 0 spiro atoms. The fourth-order valence-electron chi connectivity index (χ4n) is 2.75. The molecule has 7 nitrogen and oxygen atoms in total. The number of nitrogens with one attached hydrogen (secondary N) is 2. The number of H-pyrrole nitrogens is 1. The van der Waals surface area contributed by atoms with Crippen molar-refractivity contribution in [2.75, 3.05) is 0 Å². The normalized spacial score (nSPS) is 17.4. The van der Waals surface area contributed by atoms with Crippen LogP contribution in [-0.2, 0) is 9.53 Å². The summed E-state index contributed by atoms with van der Waals surface area (Å²) in [5, 5.41) is 12.1. The van der Waals surface area contributed by atoms with Crippen LogP contribution in [-0.4, -0.2) is 34.3 Å². The molecule has 0 saturated heterocycles. The molecule has 1 atom stereocenters. The van der Waals surface area contributed by atoms with Crippen molar-refractivity contribution < 1.29 is 19.1 Å². The number of carbonyl (C=O) groups excluding carboxylic acids is 3. The second-order valence-electron chi connectivity index (χ2n) is 6.15. The summed E-state index contributed by atoms with van der Waals surface area (Å²) in [6.45, 7) is 2.84. The number of ketones is 1. The van der Waals surface area contributed by atoms with Crippen LogP contribution in [0.1, 0.15) is 66.8 Å². The maximum Gasteiger partial charge on any atom is 0.355 e. The highest BCUT2D eigenvalue weighted by atomic mass is 16.5. The third kappa shape index (κ3) is 4.02. The molecule has 1 fully saturated rings. The van der Waals surface area contributed by atoms with E-state index in [1.807, 2.05) is 0 Å². The van der Waals surface area contributed by atoms with Gasteiger partial charge in [0.25, 0.3) is 5.91 Å². The van der Waals surface area contributed by atoms with Gasteiger partial charge in [-0.3, -0.25) is 9.59 Å². The van der Waals surface area contributed by atoms with E-state index in [0.717, 1.165) is 19.3 Å². The molecular weight excluding hydrogens is 310 g/mol. The molecular formula is C17H21N3O4. The Balaban J connectivity index is 1.96. The van der Waals surface area contributed by atoms with E-state index in [0.29, 0.717) is 18.4 Å². The van der Waals surface area contributed by atoms with Gasteiger partial charge in [0.1, 0.15) is 11.2 Å². The fourth-order valence-corrected chi connectivity index (χ4v) is 2.75. The van der Waals surface area contributed by atoms with Gasteiger partial charge in [-0.25, -0.2) is 4.79 Å². The van der Waals surface area contributed by atoms with E-state index in [9.17, 15) is 19.6 Å². The number of ether oxygens (including phenoxy) is 1. The van der Waals surface area contributed by atoms with Crippen molar-refractivity contribution in [1.82, 2.24) is 10.3 Å². The number of nitriles is 1. The fraction of sp³-hybridized carbons (Fsp3) is 0.529. The van der Waals surface area contributed by atoms with Gasteiger partial charge in [-0.15, -0.1) is 0 Å². The highest BCUT2D eigenvalue weighted by Gasteiger charge is 2.35. The van der Waals surface area contributed by atoms with Crippen molar-refractivity contribution in [2.45, 2.75) is 57.6 Å². The van der Waals surface area contributed by atoms with Gasteiger partial charge in [-0.2, -0.15) is 5.26 Å². The van der Waals surface area contributed by atoms with Crippen LogP contribution in [0.5, 0.6) is 0 Å². The zero-order valence-corrected chi connectivity index (χ0v) is 13.8. The number of esters is 1. The summed E-state index contributed by atoms with van der Waals surface area (Å²) in [5.41, 5.74) is -0.401. The van der Waals surface area contributed by atoms with Gasteiger partial charge >= 0.3 is 5.97 Å². The van der Waals surface area contributed by atoms with Gasteiger partial charge in [-0.1, -0.05) is 19.3 Å². The van der Waals surface area contributed by atoms with Crippen molar-refractivity contribution in [3.05, 3.63) is 23.5 Å². The minimum atomic E-state index is -1.03. The van der Waals surface area contributed by atoms with Crippen LogP contribution in [0.15, 0.2) is 12.3 Å². The number of aromatic nitrogens is 1. The van der Waals surface area contributed by atoms with Gasteiger partial charge in [-0.05, 0) is 32.8 Å². The van der Waals surface area contributed by atoms with E-state index in [1.165, 1.54) is 26.1 Å². The van der Waals surface area contributed by atoms with E-state index in [2.05, 4.69) is 16.4 Å². The maximum absolute atomic E-state index is 12.3. The Bertz CT molecular complexity index is 680. The number of aromatic amines is 1. The van der Waals surface area contributed by atoms with Crippen LogP contribution in [0.4, 0.5) is 0 Å². The lowest BCUT2D eigenvalue weighted by molar-refractivity contribution is -0.130. The first kappa shape index (κ1) is 17.7. The van der Waals surface area contributed by atoms with E-state index in [1.54, 1.807) is 0 Å². The molecule has 1 amide bonds. The number of carbonyl (C=O) groups is 3. The van der Waals surface area contributed by atoms with Gasteiger partial charge in [0, 0.05) is 11.8 Å². The van der Waals surface area contributed by atoms with Crippen LogP contribution in [0.3, 0.4) is 0 Å². The van der Waals surface area contributed by atoms with Crippen LogP contribution >= 0.6 is 0 Å². The van der Waals surface area contributed by atoms with Crippen LogP contribution in [0, 0.1) is 11.3 Å². The third-order valence-electron chi connectivity index (χ3n) is 4.25. The molecule has 0 aliphatic heterocycles. The summed E-state index contributed by atoms with van der Waals surface area (Å²) < 4.78 is 5.12. The molecule has 1 aromatic rings. The van der Waals surface area contributed by atoms with Crippen molar-refractivity contribution in [1.29, 1.82) is 5.26 Å². The Morgan fingerprint density at radius 3 is 2.54 bits per heavy atom. The zero-order chi connectivity index (χ0) is 17.7. The first-order valence-corrected chi connectivity index (χ1v) is 8.00. The van der Waals surface area contributed by atoms with Gasteiger partial charge in [0.2, 0.25) is 0 Å². The number of hydrogen-bond acceptors (Lipinski definition) is 5. The van der Waals surface area contributed by atoms with Crippen LogP contribution < -0.4 is 5.32 Å². The van der Waals surface area contributed by atoms with Crippen molar-refractivity contribution >= 4 is 17.7 Å². The molecule has 1 aromatic heterocycles. The monoisotopic (exact) mass is 331 g/mol. The Hall–Kier alpha value is -2.62. The lowest BCUT2D eigenvalue weighted by Crippen LogP contribution is -2.52. The molecule has 0 bridgehead atoms. The largest absolute Gasteiger partial charge is 0.448 e. The summed E-state index contributed by atoms with van der Waals surface area (Å²) in [4.78, 5) is 38.2. The summed E-state index contributed by atoms with van der Waals surface area (Å²) in [6, 6.07) is 3.57. The Morgan fingerprint density at radius 2 is 2.00 bits per heavy atom. The molecule has 2 N–H and O–H groups in total. The molecule has 24 heavy (non-hydrogen) atoms. The predicted octanol–water partition coefficient (Wildman–Crippen LogP) is 2.11. The molecule has 1 aliphatic carbocycles. The highest BCUT2D eigenvalue weighted by molar-refractivity contribution is 5.98. The molecule has 7 heteroatoms. The standard InChI is InChI=1S/C17H21N3O4/c1-11(21)13-8-14(19-9-13)16(23)24-12(2)15(22)20-17(10-18)6-4-3-5-7-17/h8-9,12,19H,3-7H2,1-2H3,(H,20,22)/t12-/m1/s1. The average Bonchev–Trinajstić information content (AvgIpc) is 3.06. The lowest BCUT2D eigenvalue weighted by Gasteiger charge is -2.32. The minimum absolute atomic E-state index is 0.104. The molecule has 1 aliphatic rings. The predicted molar refractivity (Wildman–Crippen MR) is 85.2 cm³/mol. The number of nitrogens with zero attached hydrogens (tertiary/aromatic N) is 1. The Labute approximate surface area is 140 Å². The number of hydrogen-bond donors (Lipinski definition) is 2. The summed E-state index contributed by atoms with van der Waals surface area (Å²) in [7, 11) is 0. The van der Waals surface area contributed by atoms with E-state index in [-0.39, 0.29) is 11.5 Å². The molecule has 1 saturated carbocycles. The van der Waals surface area contributed by atoms with E-state index in [4.69, 9.17) is 4.74 Å². The topological polar surface area (TPSA) is 112 Å². The lowest BCUT2D eigenvalue weighted by atomic mass is 9.83. The maximum atomic E-state index is 12.3. The van der Waals surface area contributed by atoms with Crippen molar-refractivity contribution in [3.63, 3.8) is 0 Å². The molecule has 0 aromatic carbocycles. The Morgan fingerprint density at radius 1 is 1.33 bits per heavy atom. The van der Waals surface area contributed by atoms with Gasteiger partial charge in [0.05, 0.1) is 6.07 Å². The van der Waals surface area contributed by atoms with Crippen molar-refractivity contribution in [2.24, 2.45) is 0 Å². The van der Waals surface area contributed by atoms with Gasteiger partial charge < -0.3 is 15.0 Å². The van der Waals surface area contributed by atoms with Crippen LogP contribution in [0.25, 0.3) is 0 Å². The number of Topliss-reactive ketones (excluding diaryl/α,β-unsaturated/α-hetero) is 1. The second-order valence-corrected chi connectivity index (χ2v) is 6.15. The highest BCUT2D eigenvalue weighted by Crippen LogP contribution is 2.27. The number of rotatable bonds is 5. The molecule has 0 radical (unpaired) electrons. The van der Waals surface area contributed by atoms with E-state index < -0.39 is 23.5 Å². The van der Waals surface area contributed by atoms with Gasteiger partial charge in [0.15, 0.2) is 11.9 Å². The minimum Gasteiger partial charge on any atom is -0.448 e. The first-order valence-electron chi connectivity index (χ1n) is 8.00. The smallest absolute Gasteiger partial charge is 0.355 e. The van der Waals surface area contributed by atoms with Crippen molar-refractivity contribution in [3.8, 4) is 6.07 Å². The van der Waals surface area contributed by atoms with Crippen LogP contribution in [0.2, 0.25) is 0 Å². The Kier molecular flexibility index (Phi) is 5.39. The molecule has 1 heterocycles. The third-order valence-corrected chi connectivity index (χ3v) is 4.25. The average molecular weight is 331 g/mol.